The first-order valence-corrected chi connectivity index (χ1v) is 8.52. The van der Waals surface area contributed by atoms with Crippen LogP contribution in [0, 0.1) is 23.5 Å². The van der Waals surface area contributed by atoms with Crippen LogP contribution < -0.4 is 10.5 Å². The van der Waals surface area contributed by atoms with Crippen LogP contribution in [0.2, 0.25) is 0 Å². The highest BCUT2D eigenvalue weighted by Crippen LogP contribution is 2.28. The standard InChI is InChI=1S/C14H20F2N2O2S/c1-9-3-2-4-10(5-9)8-18-21(19,20)14-7-13(17)11(15)6-12(14)16/h6-7,9-10,18H,2-5,8,17H2,1H3. The number of nitrogens with one attached hydrogen (secondary N) is 1. The zero-order valence-electron chi connectivity index (χ0n) is 11.9. The number of benzene rings is 1. The Morgan fingerprint density at radius 1 is 1.29 bits per heavy atom. The van der Waals surface area contributed by atoms with Crippen LogP contribution in [0.25, 0.3) is 0 Å². The average Bonchev–Trinajstić information content (AvgIpc) is 2.41. The van der Waals surface area contributed by atoms with Gasteiger partial charge >= 0.3 is 0 Å². The van der Waals surface area contributed by atoms with Crippen LogP contribution in [0.15, 0.2) is 17.0 Å². The van der Waals surface area contributed by atoms with Gasteiger partial charge in [-0.2, -0.15) is 0 Å². The second-order valence-corrected chi connectivity index (χ2v) is 7.53. The van der Waals surface area contributed by atoms with Crippen molar-refractivity contribution in [1.82, 2.24) is 4.72 Å². The molecule has 0 amide bonds. The van der Waals surface area contributed by atoms with Gasteiger partial charge in [0.1, 0.15) is 16.5 Å². The second-order valence-electron chi connectivity index (χ2n) is 5.79. The van der Waals surface area contributed by atoms with Crippen molar-refractivity contribution >= 4 is 15.7 Å². The van der Waals surface area contributed by atoms with Crippen LogP contribution in [0.5, 0.6) is 0 Å². The van der Waals surface area contributed by atoms with Crippen molar-refractivity contribution in [1.29, 1.82) is 0 Å². The molecule has 0 bridgehead atoms. The van der Waals surface area contributed by atoms with Gasteiger partial charge in [0.2, 0.25) is 10.0 Å². The molecule has 0 radical (unpaired) electrons. The lowest BCUT2D eigenvalue weighted by Crippen LogP contribution is -2.32. The molecule has 1 saturated carbocycles. The molecule has 0 aromatic heterocycles. The summed E-state index contributed by atoms with van der Waals surface area (Å²) in [5.74, 6) is -1.27. The van der Waals surface area contributed by atoms with Crippen LogP contribution in [-0.4, -0.2) is 15.0 Å². The smallest absolute Gasteiger partial charge is 0.243 e. The van der Waals surface area contributed by atoms with E-state index in [-0.39, 0.29) is 18.2 Å². The van der Waals surface area contributed by atoms with Gasteiger partial charge in [-0.3, -0.25) is 0 Å². The minimum atomic E-state index is -4.02. The van der Waals surface area contributed by atoms with Crippen LogP contribution in [-0.2, 0) is 10.0 Å². The van der Waals surface area contributed by atoms with E-state index in [0.29, 0.717) is 12.0 Å². The zero-order chi connectivity index (χ0) is 15.6. The van der Waals surface area contributed by atoms with Crippen molar-refractivity contribution in [3.05, 3.63) is 23.8 Å². The topological polar surface area (TPSA) is 72.2 Å². The minimum Gasteiger partial charge on any atom is -0.396 e. The molecule has 1 aromatic carbocycles. The monoisotopic (exact) mass is 318 g/mol. The molecule has 1 fully saturated rings. The number of hydrogen-bond donors (Lipinski definition) is 2. The van der Waals surface area contributed by atoms with Crippen LogP contribution in [0.1, 0.15) is 32.6 Å². The molecule has 4 nitrogen and oxygen atoms in total. The summed E-state index contributed by atoms with van der Waals surface area (Å²) >= 11 is 0. The number of halogens is 2. The van der Waals surface area contributed by atoms with Crippen molar-refractivity contribution in [3.8, 4) is 0 Å². The molecule has 0 saturated heterocycles. The molecule has 1 aliphatic carbocycles. The Labute approximate surface area is 123 Å². The maximum Gasteiger partial charge on any atom is 0.243 e. The number of sulfonamides is 1. The molecule has 2 unspecified atom stereocenters. The third kappa shape index (κ3) is 3.91. The van der Waals surface area contributed by atoms with Gasteiger partial charge in [-0.15, -0.1) is 0 Å². The molecule has 0 heterocycles. The van der Waals surface area contributed by atoms with Crippen molar-refractivity contribution in [2.75, 3.05) is 12.3 Å². The SMILES string of the molecule is CC1CCCC(CNS(=O)(=O)c2cc(N)c(F)cc2F)C1. The summed E-state index contributed by atoms with van der Waals surface area (Å²) in [6.07, 6.45) is 4.15. The average molecular weight is 318 g/mol. The van der Waals surface area contributed by atoms with Crippen LogP contribution in [0.3, 0.4) is 0 Å². The first-order valence-electron chi connectivity index (χ1n) is 7.04. The third-order valence-corrected chi connectivity index (χ3v) is 5.39. The Bertz CT molecular complexity index is 620. The lowest BCUT2D eigenvalue weighted by atomic mass is 9.83. The molecule has 118 valence electrons. The van der Waals surface area contributed by atoms with E-state index in [0.717, 1.165) is 31.7 Å². The molecule has 1 aliphatic rings. The van der Waals surface area contributed by atoms with Gasteiger partial charge < -0.3 is 5.73 Å². The van der Waals surface area contributed by atoms with Gasteiger partial charge in [-0.05, 0) is 30.7 Å². The number of anilines is 1. The first kappa shape index (κ1) is 16.2. The molecule has 21 heavy (non-hydrogen) atoms. The second kappa shape index (κ2) is 6.27. The van der Waals surface area contributed by atoms with Crippen molar-refractivity contribution in [2.24, 2.45) is 11.8 Å². The molecule has 0 spiro atoms. The Balaban J connectivity index is 2.10. The summed E-state index contributed by atoms with van der Waals surface area (Å²) in [4.78, 5) is -0.606. The number of hydrogen-bond acceptors (Lipinski definition) is 3. The van der Waals surface area contributed by atoms with E-state index in [1.165, 1.54) is 0 Å². The molecular weight excluding hydrogens is 298 g/mol. The molecule has 1 aromatic rings. The highest BCUT2D eigenvalue weighted by Gasteiger charge is 2.24. The van der Waals surface area contributed by atoms with E-state index in [2.05, 4.69) is 11.6 Å². The van der Waals surface area contributed by atoms with Gasteiger partial charge in [0, 0.05) is 12.6 Å². The number of nitrogens with two attached hydrogens (primary N) is 1. The van der Waals surface area contributed by atoms with Crippen LogP contribution in [0.4, 0.5) is 14.5 Å². The lowest BCUT2D eigenvalue weighted by Gasteiger charge is -2.26. The van der Waals surface area contributed by atoms with E-state index in [9.17, 15) is 17.2 Å². The summed E-state index contributed by atoms with van der Waals surface area (Å²) < 4.78 is 53.4. The molecule has 3 N–H and O–H groups in total. The lowest BCUT2D eigenvalue weighted by molar-refractivity contribution is 0.283. The molecular formula is C14H20F2N2O2S. The first-order chi connectivity index (χ1) is 9.79. The predicted molar refractivity (Wildman–Crippen MR) is 77.1 cm³/mol. The summed E-state index contributed by atoms with van der Waals surface area (Å²) in [6, 6.07) is 1.31. The van der Waals surface area contributed by atoms with Crippen LogP contribution >= 0.6 is 0 Å². The predicted octanol–water partition coefficient (Wildman–Crippen LogP) is 2.65. The maximum atomic E-state index is 13.6. The zero-order valence-corrected chi connectivity index (χ0v) is 12.7. The fourth-order valence-electron chi connectivity index (χ4n) is 2.80. The van der Waals surface area contributed by atoms with Gasteiger partial charge in [0.05, 0.1) is 5.69 Å². The van der Waals surface area contributed by atoms with Crippen molar-refractivity contribution in [3.63, 3.8) is 0 Å². The Hall–Kier alpha value is -1.21. The molecule has 2 atom stereocenters. The highest BCUT2D eigenvalue weighted by atomic mass is 32.2. The summed E-state index contributed by atoms with van der Waals surface area (Å²) in [5, 5.41) is 0. The van der Waals surface area contributed by atoms with Gasteiger partial charge in [-0.25, -0.2) is 21.9 Å². The Morgan fingerprint density at radius 2 is 2.00 bits per heavy atom. The van der Waals surface area contributed by atoms with Gasteiger partial charge in [0.25, 0.3) is 0 Å². The third-order valence-electron chi connectivity index (χ3n) is 3.95. The fraction of sp³-hybridized carbons (Fsp3) is 0.571. The quantitative estimate of drug-likeness (QED) is 0.838. The molecule has 0 aliphatic heterocycles. The number of rotatable bonds is 4. The van der Waals surface area contributed by atoms with E-state index in [4.69, 9.17) is 5.73 Å². The largest absolute Gasteiger partial charge is 0.396 e. The number of nitrogen functional groups attached to an aromatic ring is 1. The Kier molecular flexibility index (Phi) is 4.83. The minimum absolute atomic E-state index is 0.254. The highest BCUT2D eigenvalue weighted by molar-refractivity contribution is 7.89. The van der Waals surface area contributed by atoms with Crippen molar-refractivity contribution < 1.29 is 17.2 Å². The van der Waals surface area contributed by atoms with E-state index in [1.807, 2.05) is 0 Å². The van der Waals surface area contributed by atoms with Crippen molar-refractivity contribution in [2.45, 2.75) is 37.5 Å². The van der Waals surface area contributed by atoms with E-state index < -0.39 is 26.6 Å². The Morgan fingerprint density at radius 3 is 2.67 bits per heavy atom. The molecule has 7 heteroatoms. The van der Waals surface area contributed by atoms with E-state index >= 15 is 0 Å². The summed E-state index contributed by atoms with van der Waals surface area (Å²) in [7, 11) is -4.02. The molecule has 2 rings (SSSR count). The summed E-state index contributed by atoms with van der Waals surface area (Å²) in [6.45, 7) is 2.41. The van der Waals surface area contributed by atoms with Gasteiger partial charge in [0.15, 0.2) is 0 Å². The summed E-state index contributed by atoms with van der Waals surface area (Å²) in [5.41, 5.74) is 4.92. The van der Waals surface area contributed by atoms with Gasteiger partial charge in [-0.1, -0.05) is 19.8 Å². The fourth-order valence-corrected chi connectivity index (χ4v) is 4.01. The van der Waals surface area contributed by atoms with E-state index in [1.54, 1.807) is 0 Å². The normalized spacial score (nSPS) is 23.2. The maximum absolute atomic E-state index is 13.6.